The SMILES string of the molecule is CCOCC.COCCOCCO.OCCO. The summed E-state index contributed by atoms with van der Waals surface area (Å²) in [6.45, 7) is 7.07. The number of aliphatic hydroxyl groups is 3. The predicted octanol–water partition coefficient (Wildman–Crippen LogP) is -0.344. The van der Waals surface area contributed by atoms with E-state index < -0.39 is 0 Å². The van der Waals surface area contributed by atoms with Crippen LogP contribution in [-0.4, -0.2) is 75.3 Å². The van der Waals surface area contributed by atoms with Gasteiger partial charge in [-0.15, -0.1) is 0 Å². The normalized spacial score (nSPS) is 8.82. The molecule has 0 aliphatic heterocycles. The summed E-state index contributed by atoms with van der Waals surface area (Å²) in [6.07, 6.45) is 0. The maximum Gasteiger partial charge on any atom is 0.0701 e. The number of hydrogen-bond donors (Lipinski definition) is 3. The number of rotatable bonds is 8. The minimum atomic E-state index is -0.125. The van der Waals surface area contributed by atoms with Crippen molar-refractivity contribution in [2.75, 3.05) is 60.0 Å². The second-order valence-corrected chi connectivity index (χ2v) is 2.56. The first-order chi connectivity index (χ1) is 8.24. The maximum absolute atomic E-state index is 8.20. The molecule has 0 amide bonds. The number of ether oxygens (including phenoxy) is 3. The number of hydrogen-bond acceptors (Lipinski definition) is 6. The van der Waals surface area contributed by atoms with Crippen molar-refractivity contribution in [3.8, 4) is 0 Å². The molecule has 0 aromatic rings. The third-order valence-electron chi connectivity index (χ3n) is 1.18. The zero-order valence-electron chi connectivity index (χ0n) is 11.2. The highest BCUT2D eigenvalue weighted by Gasteiger charge is 1.82. The van der Waals surface area contributed by atoms with Gasteiger partial charge in [0, 0.05) is 20.3 Å². The fourth-order valence-corrected chi connectivity index (χ4v) is 0.513. The van der Waals surface area contributed by atoms with Gasteiger partial charge in [-0.05, 0) is 13.8 Å². The average molecular weight is 256 g/mol. The van der Waals surface area contributed by atoms with E-state index in [1.807, 2.05) is 13.8 Å². The van der Waals surface area contributed by atoms with E-state index in [2.05, 4.69) is 4.74 Å². The zero-order valence-corrected chi connectivity index (χ0v) is 11.2. The Hall–Kier alpha value is -0.240. The smallest absolute Gasteiger partial charge is 0.0701 e. The lowest BCUT2D eigenvalue weighted by atomic mass is 10.7. The molecule has 0 heterocycles. The van der Waals surface area contributed by atoms with Crippen LogP contribution in [0.15, 0.2) is 0 Å². The largest absolute Gasteiger partial charge is 0.394 e. The van der Waals surface area contributed by atoms with Gasteiger partial charge in [-0.1, -0.05) is 0 Å². The summed E-state index contributed by atoms with van der Waals surface area (Å²) in [6, 6.07) is 0. The van der Waals surface area contributed by atoms with Crippen LogP contribution in [0.4, 0.5) is 0 Å². The average Bonchev–Trinajstić information content (AvgIpc) is 2.37. The van der Waals surface area contributed by atoms with E-state index in [0.717, 1.165) is 13.2 Å². The van der Waals surface area contributed by atoms with Crippen LogP contribution in [0.3, 0.4) is 0 Å². The van der Waals surface area contributed by atoms with E-state index in [4.69, 9.17) is 24.8 Å². The van der Waals surface area contributed by atoms with Crippen LogP contribution in [-0.2, 0) is 14.2 Å². The molecule has 0 aromatic heterocycles. The number of aliphatic hydroxyl groups excluding tert-OH is 3. The molecule has 0 aliphatic rings. The summed E-state index contributed by atoms with van der Waals surface area (Å²) in [7, 11) is 1.61. The van der Waals surface area contributed by atoms with Gasteiger partial charge in [0.15, 0.2) is 0 Å². The van der Waals surface area contributed by atoms with Crippen molar-refractivity contribution in [1.29, 1.82) is 0 Å². The molecule has 3 N–H and O–H groups in total. The van der Waals surface area contributed by atoms with Crippen molar-refractivity contribution >= 4 is 0 Å². The van der Waals surface area contributed by atoms with E-state index >= 15 is 0 Å². The standard InChI is InChI=1S/C5H12O3.C4H10O.C2H6O2/c1-7-4-5-8-3-2-6;1-3-5-4-2;3-1-2-4/h6H,2-5H2,1H3;3-4H2,1-2H3;3-4H,1-2H2. The Kier molecular flexibility index (Phi) is 38.4. The Morgan fingerprint density at radius 2 is 1.24 bits per heavy atom. The van der Waals surface area contributed by atoms with Gasteiger partial charge in [0.05, 0.1) is 39.6 Å². The molecule has 0 rings (SSSR count). The van der Waals surface area contributed by atoms with E-state index in [0.29, 0.717) is 19.8 Å². The summed E-state index contributed by atoms with van der Waals surface area (Å²) in [4.78, 5) is 0. The predicted molar refractivity (Wildman–Crippen MR) is 66.1 cm³/mol. The van der Waals surface area contributed by atoms with Gasteiger partial charge >= 0.3 is 0 Å². The van der Waals surface area contributed by atoms with Gasteiger partial charge < -0.3 is 29.5 Å². The molecule has 0 spiro atoms. The lowest BCUT2D eigenvalue weighted by molar-refractivity contribution is 0.0500. The molecule has 0 atom stereocenters. The zero-order chi connectivity index (χ0) is 13.8. The molecule has 108 valence electrons. The molecule has 0 aliphatic carbocycles. The Morgan fingerprint density at radius 3 is 1.47 bits per heavy atom. The molecule has 0 saturated carbocycles. The fourth-order valence-electron chi connectivity index (χ4n) is 0.513. The Balaban J connectivity index is -0.000000188. The minimum Gasteiger partial charge on any atom is -0.394 e. The summed E-state index contributed by atoms with van der Waals surface area (Å²) in [5, 5.41) is 23.4. The molecule has 0 aromatic carbocycles. The molecule has 6 heteroatoms. The van der Waals surface area contributed by atoms with E-state index in [1.165, 1.54) is 0 Å². The quantitative estimate of drug-likeness (QED) is 0.515. The van der Waals surface area contributed by atoms with Crippen molar-refractivity contribution < 1.29 is 29.5 Å². The van der Waals surface area contributed by atoms with Crippen LogP contribution in [0, 0.1) is 0 Å². The Morgan fingerprint density at radius 1 is 0.706 bits per heavy atom. The van der Waals surface area contributed by atoms with Crippen LogP contribution in [0.1, 0.15) is 13.8 Å². The third-order valence-corrected chi connectivity index (χ3v) is 1.18. The topological polar surface area (TPSA) is 88.4 Å². The molecule has 0 bridgehead atoms. The van der Waals surface area contributed by atoms with Gasteiger partial charge in [-0.2, -0.15) is 0 Å². The summed E-state index contributed by atoms with van der Waals surface area (Å²) >= 11 is 0. The highest BCUT2D eigenvalue weighted by molar-refractivity contribution is 4.26. The summed E-state index contributed by atoms with van der Waals surface area (Å²) in [5.74, 6) is 0. The second kappa shape index (κ2) is 29.7. The first-order valence-corrected chi connectivity index (χ1v) is 5.71. The van der Waals surface area contributed by atoms with E-state index in [1.54, 1.807) is 7.11 Å². The van der Waals surface area contributed by atoms with Crippen LogP contribution < -0.4 is 0 Å². The fraction of sp³-hybridized carbons (Fsp3) is 1.00. The molecular formula is C11H28O6. The van der Waals surface area contributed by atoms with Crippen LogP contribution in [0.25, 0.3) is 0 Å². The van der Waals surface area contributed by atoms with Crippen LogP contribution in [0.2, 0.25) is 0 Å². The molecule has 0 fully saturated rings. The first kappa shape index (κ1) is 22.0. The van der Waals surface area contributed by atoms with Gasteiger partial charge in [0.2, 0.25) is 0 Å². The monoisotopic (exact) mass is 256 g/mol. The lowest BCUT2D eigenvalue weighted by Crippen LogP contribution is -2.05. The van der Waals surface area contributed by atoms with Crippen LogP contribution in [0.5, 0.6) is 0 Å². The van der Waals surface area contributed by atoms with Crippen molar-refractivity contribution in [2.24, 2.45) is 0 Å². The van der Waals surface area contributed by atoms with Gasteiger partial charge in [0.1, 0.15) is 0 Å². The highest BCUT2D eigenvalue weighted by Crippen LogP contribution is 1.72. The molecule has 6 nitrogen and oxygen atoms in total. The third kappa shape index (κ3) is 49.6. The van der Waals surface area contributed by atoms with Crippen molar-refractivity contribution in [3.63, 3.8) is 0 Å². The van der Waals surface area contributed by atoms with Crippen LogP contribution >= 0.6 is 0 Å². The first-order valence-electron chi connectivity index (χ1n) is 5.71. The molecular weight excluding hydrogens is 228 g/mol. The Bertz CT molecular complexity index is 82.0. The summed E-state index contributed by atoms with van der Waals surface area (Å²) in [5.41, 5.74) is 0. The molecule has 0 unspecified atom stereocenters. The van der Waals surface area contributed by atoms with Gasteiger partial charge in [-0.25, -0.2) is 0 Å². The highest BCUT2D eigenvalue weighted by atomic mass is 16.5. The van der Waals surface area contributed by atoms with Gasteiger partial charge in [-0.3, -0.25) is 0 Å². The second-order valence-electron chi connectivity index (χ2n) is 2.56. The number of methoxy groups -OCH3 is 1. The Labute approximate surface area is 104 Å². The molecule has 0 radical (unpaired) electrons. The van der Waals surface area contributed by atoms with E-state index in [-0.39, 0.29) is 19.8 Å². The van der Waals surface area contributed by atoms with Crippen molar-refractivity contribution in [3.05, 3.63) is 0 Å². The van der Waals surface area contributed by atoms with Crippen molar-refractivity contribution in [1.82, 2.24) is 0 Å². The van der Waals surface area contributed by atoms with Gasteiger partial charge in [0.25, 0.3) is 0 Å². The van der Waals surface area contributed by atoms with Crippen molar-refractivity contribution in [2.45, 2.75) is 13.8 Å². The molecule has 0 saturated heterocycles. The van der Waals surface area contributed by atoms with E-state index in [9.17, 15) is 0 Å². The lowest BCUT2D eigenvalue weighted by Gasteiger charge is -1.98. The summed E-state index contributed by atoms with van der Waals surface area (Å²) < 4.78 is 14.4. The maximum atomic E-state index is 8.20. The minimum absolute atomic E-state index is 0.0870. The molecule has 17 heavy (non-hydrogen) atoms.